The number of amides is 1. The number of carbonyl (C=O) groups is 1. The van der Waals surface area contributed by atoms with Gasteiger partial charge in [0.1, 0.15) is 5.84 Å². The number of nitrogens with one attached hydrogen (secondary N) is 1. The normalized spacial score (nSPS) is 16.1. The van der Waals surface area contributed by atoms with Crippen LogP contribution in [0.1, 0.15) is 18.5 Å². The number of halogens is 1. The van der Waals surface area contributed by atoms with E-state index in [2.05, 4.69) is 20.3 Å². The van der Waals surface area contributed by atoms with Crippen LogP contribution in [0.2, 0.25) is 0 Å². The van der Waals surface area contributed by atoms with E-state index >= 15 is 0 Å². The number of hydrogen-bond donors (Lipinski definition) is 2. The highest BCUT2D eigenvalue weighted by Crippen LogP contribution is 2.48. The van der Waals surface area contributed by atoms with Gasteiger partial charge in [-0.25, -0.2) is 4.98 Å². The molecule has 3 rings (SSSR count). The van der Waals surface area contributed by atoms with Crippen LogP contribution in [0.5, 0.6) is 0 Å². The molecule has 6 nitrogen and oxygen atoms in total. The third-order valence-electron chi connectivity index (χ3n) is 3.78. The van der Waals surface area contributed by atoms with Crippen LogP contribution in [0, 0.1) is 5.95 Å². The number of amidine groups is 1. The average Bonchev–Trinajstić information content (AvgIpc) is 3.38. The molecule has 0 aromatic carbocycles. The average molecular weight is 325 g/mol. The zero-order chi connectivity index (χ0) is 17.0. The van der Waals surface area contributed by atoms with E-state index in [0.717, 1.165) is 18.5 Å². The largest absolute Gasteiger partial charge is 0.384 e. The smallest absolute Gasteiger partial charge is 0.259 e. The predicted octanol–water partition coefficient (Wildman–Crippen LogP) is 2.16. The van der Waals surface area contributed by atoms with Crippen LogP contribution in [0.3, 0.4) is 0 Å². The van der Waals surface area contributed by atoms with E-state index in [4.69, 9.17) is 5.73 Å². The summed E-state index contributed by atoms with van der Waals surface area (Å²) in [6.07, 6.45) is 7.38. The SMILES string of the molecule is NC(/C=C\Nc1ccnc(F)c1)=NC(=O)C1(c2ccccn2)CC1. The van der Waals surface area contributed by atoms with E-state index < -0.39 is 11.4 Å². The summed E-state index contributed by atoms with van der Waals surface area (Å²) in [5, 5.41) is 2.83. The van der Waals surface area contributed by atoms with Crippen LogP contribution in [0.25, 0.3) is 0 Å². The van der Waals surface area contributed by atoms with Crippen molar-refractivity contribution in [1.82, 2.24) is 9.97 Å². The van der Waals surface area contributed by atoms with Gasteiger partial charge < -0.3 is 11.1 Å². The lowest BCUT2D eigenvalue weighted by Crippen LogP contribution is -2.23. The van der Waals surface area contributed by atoms with E-state index in [-0.39, 0.29) is 11.7 Å². The Labute approximate surface area is 138 Å². The molecule has 1 fully saturated rings. The standard InChI is InChI=1S/C17H16FN5O/c18-14-11-12(4-9-22-14)20-10-5-15(19)23-16(24)17(6-7-17)13-3-1-2-8-21-13/h1-5,8-11H,6-7H2,(H,20,22)(H2,19,23,24)/b10-5-. The van der Waals surface area contributed by atoms with Gasteiger partial charge in [-0.3, -0.25) is 9.78 Å². The van der Waals surface area contributed by atoms with E-state index in [1.165, 1.54) is 24.5 Å². The molecule has 2 aromatic heterocycles. The van der Waals surface area contributed by atoms with Crippen molar-refractivity contribution in [2.24, 2.45) is 10.7 Å². The molecule has 3 N–H and O–H groups in total. The van der Waals surface area contributed by atoms with E-state index in [1.807, 2.05) is 12.1 Å². The van der Waals surface area contributed by atoms with Gasteiger partial charge in [0.05, 0.1) is 11.1 Å². The third-order valence-corrected chi connectivity index (χ3v) is 3.78. The highest BCUT2D eigenvalue weighted by Gasteiger charge is 2.52. The summed E-state index contributed by atoms with van der Waals surface area (Å²) in [6.45, 7) is 0. The maximum atomic E-state index is 13.0. The number of aromatic nitrogens is 2. The molecule has 24 heavy (non-hydrogen) atoms. The second-order valence-corrected chi connectivity index (χ2v) is 5.48. The summed E-state index contributed by atoms with van der Waals surface area (Å²) in [4.78, 5) is 24.0. The number of rotatable bonds is 5. The number of aliphatic imine (C=N–C) groups is 1. The lowest BCUT2D eigenvalue weighted by Gasteiger charge is -2.09. The minimum Gasteiger partial charge on any atom is -0.384 e. The Balaban J connectivity index is 1.65. The summed E-state index contributed by atoms with van der Waals surface area (Å²) in [5.74, 6) is -0.807. The quantitative estimate of drug-likeness (QED) is 0.499. The molecule has 1 amide bonds. The van der Waals surface area contributed by atoms with E-state index in [1.54, 1.807) is 18.3 Å². The van der Waals surface area contributed by atoms with Gasteiger partial charge in [0.2, 0.25) is 5.95 Å². The Morgan fingerprint density at radius 2 is 2.12 bits per heavy atom. The number of carbonyl (C=O) groups excluding carboxylic acids is 1. The molecule has 0 atom stereocenters. The van der Waals surface area contributed by atoms with Crippen LogP contribution in [-0.4, -0.2) is 21.7 Å². The van der Waals surface area contributed by atoms with Gasteiger partial charge >= 0.3 is 0 Å². The van der Waals surface area contributed by atoms with Crippen molar-refractivity contribution in [2.45, 2.75) is 18.3 Å². The van der Waals surface area contributed by atoms with Crippen LogP contribution in [0.4, 0.5) is 10.1 Å². The van der Waals surface area contributed by atoms with Gasteiger partial charge in [0, 0.05) is 30.3 Å². The van der Waals surface area contributed by atoms with Crippen molar-refractivity contribution in [2.75, 3.05) is 5.32 Å². The fraction of sp³-hybridized carbons (Fsp3) is 0.176. The number of nitrogens with zero attached hydrogens (tertiary/aromatic N) is 3. The Kier molecular flexibility index (Phi) is 4.33. The summed E-state index contributed by atoms with van der Waals surface area (Å²) in [6, 6.07) is 8.32. The molecule has 7 heteroatoms. The lowest BCUT2D eigenvalue weighted by atomic mass is 10.0. The third kappa shape index (κ3) is 3.45. The highest BCUT2D eigenvalue weighted by atomic mass is 19.1. The van der Waals surface area contributed by atoms with Crippen LogP contribution in [0.15, 0.2) is 60.0 Å². The molecule has 1 aliphatic carbocycles. The van der Waals surface area contributed by atoms with Gasteiger partial charge in [-0.2, -0.15) is 9.38 Å². The molecule has 2 aromatic rings. The number of anilines is 1. The molecule has 0 bridgehead atoms. The predicted molar refractivity (Wildman–Crippen MR) is 88.7 cm³/mol. The van der Waals surface area contributed by atoms with Crippen LogP contribution >= 0.6 is 0 Å². The molecule has 0 aliphatic heterocycles. The van der Waals surface area contributed by atoms with Crippen LogP contribution < -0.4 is 11.1 Å². The first kappa shape index (κ1) is 15.8. The molecular weight excluding hydrogens is 309 g/mol. The molecule has 0 saturated heterocycles. The van der Waals surface area contributed by atoms with Gasteiger partial charge in [0.15, 0.2) is 0 Å². The minimum atomic E-state index is -0.638. The summed E-state index contributed by atoms with van der Waals surface area (Å²) < 4.78 is 13.0. The van der Waals surface area contributed by atoms with Crippen molar-refractivity contribution < 1.29 is 9.18 Å². The molecule has 0 spiro atoms. The fourth-order valence-corrected chi connectivity index (χ4v) is 2.33. The monoisotopic (exact) mass is 325 g/mol. The zero-order valence-electron chi connectivity index (χ0n) is 12.8. The number of nitrogens with two attached hydrogens (primary N) is 1. The first-order valence-corrected chi connectivity index (χ1v) is 7.45. The van der Waals surface area contributed by atoms with Gasteiger partial charge in [-0.15, -0.1) is 0 Å². The van der Waals surface area contributed by atoms with Crippen LogP contribution in [-0.2, 0) is 10.2 Å². The first-order valence-electron chi connectivity index (χ1n) is 7.45. The van der Waals surface area contributed by atoms with Gasteiger partial charge in [0.25, 0.3) is 5.91 Å². The molecule has 1 saturated carbocycles. The molecule has 0 radical (unpaired) electrons. The first-order chi connectivity index (χ1) is 11.6. The van der Waals surface area contributed by atoms with Crippen molar-refractivity contribution in [3.63, 3.8) is 0 Å². The van der Waals surface area contributed by atoms with Crippen molar-refractivity contribution >= 4 is 17.4 Å². The molecule has 122 valence electrons. The lowest BCUT2D eigenvalue weighted by molar-refractivity contribution is -0.120. The Morgan fingerprint density at radius 3 is 2.79 bits per heavy atom. The van der Waals surface area contributed by atoms with Crippen molar-refractivity contribution in [3.8, 4) is 0 Å². The topological polar surface area (TPSA) is 93.3 Å². The number of pyridine rings is 2. The maximum absolute atomic E-state index is 13.0. The van der Waals surface area contributed by atoms with Crippen molar-refractivity contribution in [3.05, 3.63) is 66.6 Å². The van der Waals surface area contributed by atoms with E-state index in [0.29, 0.717) is 5.69 Å². The summed E-state index contributed by atoms with van der Waals surface area (Å²) >= 11 is 0. The van der Waals surface area contributed by atoms with E-state index in [9.17, 15) is 9.18 Å². The molecular formula is C17H16FN5O. The second kappa shape index (κ2) is 6.57. The highest BCUT2D eigenvalue weighted by molar-refractivity contribution is 6.04. The Bertz CT molecular complexity index is 800. The molecule has 2 heterocycles. The maximum Gasteiger partial charge on any atom is 0.259 e. The number of hydrogen-bond acceptors (Lipinski definition) is 4. The zero-order valence-corrected chi connectivity index (χ0v) is 12.8. The second-order valence-electron chi connectivity index (χ2n) is 5.48. The van der Waals surface area contributed by atoms with Gasteiger partial charge in [-0.1, -0.05) is 6.07 Å². The van der Waals surface area contributed by atoms with Crippen molar-refractivity contribution in [1.29, 1.82) is 0 Å². The van der Waals surface area contributed by atoms with Gasteiger partial charge in [-0.05, 0) is 37.1 Å². The summed E-state index contributed by atoms with van der Waals surface area (Å²) in [5.41, 5.74) is 6.37. The Hall–Kier alpha value is -3.09. The molecule has 1 aliphatic rings. The molecule has 0 unspecified atom stereocenters. The Morgan fingerprint density at radius 1 is 1.29 bits per heavy atom. The fourth-order valence-electron chi connectivity index (χ4n) is 2.33. The minimum absolute atomic E-state index is 0.0734. The summed E-state index contributed by atoms with van der Waals surface area (Å²) in [7, 11) is 0.